The van der Waals surface area contributed by atoms with E-state index in [0.29, 0.717) is 12.4 Å². The summed E-state index contributed by atoms with van der Waals surface area (Å²) in [4.78, 5) is 13.6. The molecule has 2 unspecified atom stereocenters. The van der Waals surface area contributed by atoms with Crippen LogP contribution in [-0.4, -0.2) is 29.8 Å². The molecule has 0 aliphatic carbocycles. The molecule has 0 aromatic carbocycles. The Morgan fingerprint density at radius 1 is 1.79 bits per heavy atom. The number of rotatable bonds is 2. The molecule has 0 spiro atoms. The third-order valence-electron chi connectivity index (χ3n) is 2.62. The lowest BCUT2D eigenvalue weighted by atomic mass is 9.98. The van der Waals surface area contributed by atoms with Crippen molar-refractivity contribution in [3.8, 4) is 12.3 Å². The predicted molar refractivity (Wildman–Crippen MR) is 58.0 cm³/mol. The van der Waals surface area contributed by atoms with Crippen molar-refractivity contribution < 1.29 is 4.79 Å². The number of nitrogens with zero attached hydrogens (tertiary/aromatic N) is 1. The Bertz CT molecular complexity index is 246. The minimum atomic E-state index is -0.0896. The summed E-state index contributed by atoms with van der Waals surface area (Å²) < 4.78 is 0. The number of hydrogen-bond donors (Lipinski definition) is 0. The Hall–Kier alpha value is -0.680. The molecule has 0 N–H and O–H groups in total. The molecular weight excluding hydrogens is 198 g/mol. The summed E-state index contributed by atoms with van der Waals surface area (Å²) in [6.45, 7) is 3.39. The molecule has 0 saturated carbocycles. The van der Waals surface area contributed by atoms with Crippen molar-refractivity contribution in [3.05, 3.63) is 0 Å². The van der Waals surface area contributed by atoms with Crippen LogP contribution in [0.25, 0.3) is 0 Å². The highest BCUT2D eigenvalue weighted by molar-refractivity contribution is 6.19. The molecule has 1 aliphatic heterocycles. The molecule has 1 amide bonds. The number of hydrogen-bond acceptors (Lipinski definition) is 1. The van der Waals surface area contributed by atoms with E-state index in [1.54, 1.807) is 0 Å². The molecule has 3 heteroatoms. The fourth-order valence-electron chi connectivity index (χ4n) is 1.69. The maximum Gasteiger partial charge on any atom is 0.226 e. The van der Waals surface area contributed by atoms with Crippen molar-refractivity contribution in [1.29, 1.82) is 0 Å². The van der Waals surface area contributed by atoms with Gasteiger partial charge < -0.3 is 4.90 Å². The zero-order valence-corrected chi connectivity index (χ0v) is 9.26. The Morgan fingerprint density at radius 3 is 3.07 bits per heavy atom. The number of carbonyl (C=O) groups excluding carboxylic acids is 1. The van der Waals surface area contributed by atoms with Crippen LogP contribution in [0.3, 0.4) is 0 Å². The van der Waals surface area contributed by atoms with Gasteiger partial charge in [-0.3, -0.25) is 4.79 Å². The normalized spacial score (nSPS) is 24.1. The van der Waals surface area contributed by atoms with Gasteiger partial charge >= 0.3 is 0 Å². The third kappa shape index (κ3) is 2.65. The average Bonchev–Trinajstić information content (AvgIpc) is 2.27. The second-order valence-electron chi connectivity index (χ2n) is 3.85. The molecule has 2 atom stereocenters. The van der Waals surface area contributed by atoms with Gasteiger partial charge in [-0.05, 0) is 12.8 Å². The number of halogens is 1. The summed E-state index contributed by atoms with van der Waals surface area (Å²) in [5, 5.41) is 0. The Balaban J connectivity index is 2.52. The van der Waals surface area contributed by atoms with E-state index in [1.807, 2.05) is 11.8 Å². The molecule has 0 aromatic heterocycles. The largest absolute Gasteiger partial charge is 0.341 e. The third-order valence-corrected chi connectivity index (χ3v) is 3.08. The van der Waals surface area contributed by atoms with Crippen molar-refractivity contribution >= 4 is 17.5 Å². The molecule has 1 fully saturated rings. The summed E-state index contributed by atoms with van der Waals surface area (Å²) in [5.41, 5.74) is 0. The zero-order valence-electron chi connectivity index (χ0n) is 8.50. The minimum Gasteiger partial charge on any atom is -0.341 e. The molecule has 78 valence electrons. The van der Waals surface area contributed by atoms with Crippen LogP contribution in [0, 0.1) is 24.2 Å². The van der Waals surface area contributed by atoms with Gasteiger partial charge in [-0.1, -0.05) is 6.92 Å². The Labute approximate surface area is 90.6 Å². The van der Waals surface area contributed by atoms with Crippen LogP contribution in [0.4, 0.5) is 0 Å². The van der Waals surface area contributed by atoms with E-state index in [-0.39, 0.29) is 17.7 Å². The van der Waals surface area contributed by atoms with Crippen LogP contribution in [0.2, 0.25) is 0 Å². The Morgan fingerprint density at radius 2 is 2.50 bits per heavy atom. The van der Waals surface area contributed by atoms with Gasteiger partial charge in [0.1, 0.15) is 0 Å². The lowest BCUT2D eigenvalue weighted by Crippen LogP contribution is -2.42. The van der Waals surface area contributed by atoms with E-state index in [1.165, 1.54) is 0 Å². The van der Waals surface area contributed by atoms with E-state index >= 15 is 0 Å². The summed E-state index contributed by atoms with van der Waals surface area (Å²) in [6.07, 6.45) is 7.41. The highest BCUT2D eigenvalue weighted by atomic mass is 35.5. The van der Waals surface area contributed by atoms with Gasteiger partial charge in [0, 0.05) is 30.8 Å². The van der Waals surface area contributed by atoms with Gasteiger partial charge in [-0.15, -0.1) is 23.9 Å². The fourth-order valence-corrected chi connectivity index (χ4v) is 1.82. The molecule has 1 rings (SSSR count). The van der Waals surface area contributed by atoms with E-state index in [4.69, 9.17) is 18.0 Å². The van der Waals surface area contributed by atoms with Crippen LogP contribution in [-0.2, 0) is 4.79 Å². The van der Waals surface area contributed by atoms with Crippen molar-refractivity contribution in [2.75, 3.05) is 19.0 Å². The minimum absolute atomic E-state index is 0.0896. The SMILES string of the molecule is C#CC1CCCN(C(=O)C(C)CCl)C1. The summed E-state index contributed by atoms with van der Waals surface area (Å²) in [5.74, 6) is 3.38. The van der Waals surface area contributed by atoms with Crippen LogP contribution < -0.4 is 0 Å². The standard InChI is InChI=1S/C11H16ClNO/c1-3-10-5-4-6-13(8-10)11(14)9(2)7-12/h1,9-10H,4-8H2,2H3. The van der Waals surface area contributed by atoms with Crippen LogP contribution in [0.1, 0.15) is 19.8 Å². The smallest absolute Gasteiger partial charge is 0.226 e. The highest BCUT2D eigenvalue weighted by Gasteiger charge is 2.25. The van der Waals surface area contributed by atoms with E-state index in [2.05, 4.69) is 5.92 Å². The molecule has 0 bridgehead atoms. The monoisotopic (exact) mass is 213 g/mol. The van der Waals surface area contributed by atoms with E-state index in [9.17, 15) is 4.79 Å². The topological polar surface area (TPSA) is 20.3 Å². The first kappa shape index (κ1) is 11.4. The molecule has 1 saturated heterocycles. The second kappa shape index (κ2) is 5.26. The number of carbonyl (C=O) groups is 1. The molecule has 1 aliphatic rings. The first-order valence-corrected chi connectivity index (χ1v) is 5.53. The molecule has 2 nitrogen and oxygen atoms in total. The van der Waals surface area contributed by atoms with Crippen molar-refractivity contribution in [2.45, 2.75) is 19.8 Å². The van der Waals surface area contributed by atoms with Crippen molar-refractivity contribution in [1.82, 2.24) is 4.90 Å². The summed E-state index contributed by atoms with van der Waals surface area (Å²) in [6, 6.07) is 0. The molecule has 0 aromatic rings. The number of likely N-dealkylation sites (tertiary alicyclic amines) is 1. The zero-order chi connectivity index (χ0) is 10.6. The van der Waals surface area contributed by atoms with Gasteiger partial charge in [0.25, 0.3) is 0 Å². The van der Waals surface area contributed by atoms with E-state index in [0.717, 1.165) is 19.4 Å². The van der Waals surface area contributed by atoms with Gasteiger partial charge in [0.2, 0.25) is 5.91 Å². The second-order valence-corrected chi connectivity index (χ2v) is 4.15. The fraction of sp³-hybridized carbons (Fsp3) is 0.727. The van der Waals surface area contributed by atoms with Gasteiger partial charge in [-0.25, -0.2) is 0 Å². The van der Waals surface area contributed by atoms with Gasteiger partial charge in [0.05, 0.1) is 0 Å². The lowest BCUT2D eigenvalue weighted by molar-refractivity contribution is -0.135. The number of terminal acetylenes is 1. The van der Waals surface area contributed by atoms with Crippen LogP contribution in [0.5, 0.6) is 0 Å². The van der Waals surface area contributed by atoms with E-state index < -0.39 is 0 Å². The Kier molecular flexibility index (Phi) is 4.28. The first-order valence-electron chi connectivity index (χ1n) is 5.00. The van der Waals surface area contributed by atoms with Gasteiger partial charge in [-0.2, -0.15) is 0 Å². The number of amides is 1. The molecular formula is C11H16ClNO. The molecule has 1 heterocycles. The quantitative estimate of drug-likeness (QED) is 0.506. The van der Waals surface area contributed by atoms with Crippen molar-refractivity contribution in [2.24, 2.45) is 11.8 Å². The number of alkyl halides is 1. The number of piperidine rings is 1. The predicted octanol–water partition coefficient (Wildman–Crippen LogP) is 1.73. The summed E-state index contributed by atoms with van der Waals surface area (Å²) >= 11 is 5.65. The molecule has 0 radical (unpaired) electrons. The van der Waals surface area contributed by atoms with Crippen LogP contribution in [0.15, 0.2) is 0 Å². The first-order chi connectivity index (χ1) is 6.69. The van der Waals surface area contributed by atoms with Crippen LogP contribution >= 0.6 is 11.6 Å². The average molecular weight is 214 g/mol. The lowest BCUT2D eigenvalue weighted by Gasteiger charge is -2.31. The maximum absolute atomic E-state index is 11.8. The highest BCUT2D eigenvalue weighted by Crippen LogP contribution is 2.17. The van der Waals surface area contributed by atoms with Crippen molar-refractivity contribution in [3.63, 3.8) is 0 Å². The maximum atomic E-state index is 11.8. The van der Waals surface area contributed by atoms with Gasteiger partial charge in [0.15, 0.2) is 0 Å². The summed E-state index contributed by atoms with van der Waals surface area (Å²) in [7, 11) is 0. The molecule has 14 heavy (non-hydrogen) atoms.